The maximum atomic E-state index is 13.5. The van der Waals surface area contributed by atoms with Gasteiger partial charge >= 0.3 is 0 Å². The van der Waals surface area contributed by atoms with Crippen molar-refractivity contribution in [1.29, 1.82) is 0 Å². The molecule has 0 aliphatic carbocycles. The number of aromatic amines is 1. The van der Waals surface area contributed by atoms with Crippen molar-refractivity contribution in [3.8, 4) is 0 Å². The van der Waals surface area contributed by atoms with Crippen LogP contribution in [0, 0.1) is 12.7 Å². The Hall–Kier alpha value is -3.48. The van der Waals surface area contributed by atoms with E-state index in [1.165, 1.54) is 12.1 Å². The minimum absolute atomic E-state index is 0.0479. The summed E-state index contributed by atoms with van der Waals surface area (Å²) in [4.78, 5) is 33.4. The molecule has 0 bridgehead atoms. The van der Waals surface area contributed by atoms with Gasteiger partial charge in [0, 0.05) is 11.8 Å². The number of nitrogens with two attached hydrogens (primary N) is 1. The highest BCUT2D eigenvalue weighted by Gasteiger charge is 2.32. The van der Waals surface area contributed by atoms with Crippen molar-refractivity contribution in [2.24, 2.45) is 5.73 Å². The Morgan fingerprint density at radius 1 is 1.19 bits per heavy atom. The van der Waals surface area contributed by atoms with Crippen molar-refractivity contribution in [2.75, 3.05) is 11.4 Å². The number of fused-ring (bicyclic) bond motifs is 1. The van der Waals surface area contributed by atoms with Crippen LogP contribution in [0.5, 0.6) is 0 Å². The topological polar surface area (TPSA) is 92.1 Å². The van der Waals surface area contributed by atoms with Crippen LogP contribution in [0.1, 0.15) is 11.4 Å². The number of benzene rings is 2. The van der Waals surface area contributed by atoms with Crippen molar-refractivity contribution in [2.45, 2.75) is 6.92 Å². The summed E-state index contributed by atoms with van der Waals surface area (Å²) in [5.74, 6) is -0.512. The molecule has 2 aromatic carbocycles. The Kier molecular flexibility index (Phi) is 3.57. The first-order chi connectivity index (χ1) is 12.5. The van der Waals surface area contributed by atoms with E-state index in [1.54, 1.807) is 4.90 Å². The summed E-state index contributed by atoms with van der Waals surface area (Å²) in [7, 11) is 0. The van der Waals surface area contributed by atoms with Crippen LogP contribution in [-0.4, -0.2) is 22.3 Å². The Balaban J connectivity index is 1.89. The number of hydrogen-bond donors (Lipinski definition) is 2. The van der Waals surface area contributed by atoms with Crippen molar-refractivity contribution in [3.63, 3.8) is 0 Å². The predicted octanol–water partition coefficient (Wildman–Crippen LogP) is 2.09. The molecule has 4 rings (SSSR count). The normalized spacial score (nSPS) is 14.5. The summed E-state index contributed by atoms with van der Waals surface area (Å²) >= 11 is 0. The van der Waals surface area contributed by atoms with Gasteiger partial charge in [0.2, 0.25) is 0 Å². The standard InChI is InChI=1S/C19H15FN4O2/c1-10-4-2-3-5-14(10)24-9-15(25)16(17(24)21)18-22-13-8-11(20)6-7-12(13)19(26)23-18/h2-8H,9,21H2,1H3,(H,22,23,26). The lowest BCUT2D eigenvalue weighted by atomic mass is 10.1. The van der Waals surface area contributed by atoms with Crippen molar-refractivity contribution < 1.29 is 9.18 Å². The second-order valence-corrected chi connectivity index (χ2v) is 6.13. The lowest BCUT2D eigenvalue weighted by molar-refractivity contribution is -0.112. The van der Waals surface area contributed by atoms with E-state index in [-0.39, 0.29) is 40.4 Å². The molecule has 0 amide bonds. The molecule has 3 N–H and O–H groups in total. The van der Waals surface area contributed by atoms with Crippen LogP contribution in [0.15, 0.2) is 53.1 Å². The SMILES string of the molecule is Cc1ccccc1N1CC(=O)C(c2nc3cc(F)ccc3c(=O)[nH]2)=C1N. The van der Waals surface area contributed by atoms with Crippen molar-refractivity contribution in [1.82, 2.24) is 9.97 Å². The number of nitrogens with zero attached hydrogens (tertiary/aromatic N) is 2. The number of para-hydroxylation sites is 1. The molecule has 6 nitrogen and oxygen atoms in total. The second-order valence-electron chi connectivity index (χ2n) is 6.13. The molecule has 1 aliphatic rings. The molecule has 0 fully saturated rings. The van der Waals surface area contributed by atoms with Crippen LogP contribution in [0.2, 0.25) is 0 Å². The second kappa shape index (κ2) is 5.80. The molecule has 1 aliphatic heterocycles. The first-order valence-corrected chi connectivity index (χ1v) is 8.02. The van der Waals surface area contributed by atoms with Crippen LogP contribution in [0.3, 0.4) is 0 Å². The number of anilines is 1. The van der Waals surface area contributed by atoms with Gasteiger partial charge < -0.3 is 15.6 Å². The Morgan fingerprint density at radius 3 is 2.73 bits per heavy atom. The van der Waals surface area contributed by atoms with Gasteiger partial charge in [0.05, 0.1) is 17.4 Å². The van der Waals surface area contributed by atoms with Gasteiger partial charge in [-0.2, -0.15) is 0 Å². The van der Waals surface area contributed by atoms with Gasteiger partial charge in [0.1, 0.15) is 23.0 Å². The van der Waals surface area contributed by atoms with Gasteiger partial charge in [-0.15, -0.1) is 0 Å². The number of halogens is 1. The van der Waals surface area contributed by atoms with E-state index in [0.29, 0.717) is 0 Å². The summed E-state index contributed by atoms with van der Waals surface area (Å²) in [5.41, 5.74) is 7.85. The van der Waals surface area contributed by atoms with Crippen LogP contribution < -0.4 is 16.2 Å². The minimum atomic E-state index is -0.511. The number of ketones is 1. The molecule has 0 saturated carbocycles. The highest BCUT2D eigenvalue weighted by atomic mass is 19.1. The zero-order chi connectivity index (χ0) is 18.4. The zero-order valence-corrected chi connectivity index (χ0v) is 13.9. The molecule has 1 aromatic heterocycles. The predicted molar refractivity (Wildman–Crippen MR) is 97.0 cm³/mol. The first-order valence-electron chi connectivity index (χ1n) is 8.02. The maximum absolute atomic E-state index is 13.5. The number of rotatable bonds is 2. The van der Waals surface area contributed by atoms with E-state index < -0.39 is 11.4 Å². The lowest BCUT2D eigenvalue weighted by Crippen LogP contribution is -2.25. The summed E-state index contributed by atoms with van der Waals surface area (Å²) in [5, 5.41) is 0.246. The van der Waals surface area contributed by atoms with E-state index in [9.17, 15) is 14.0 Å². The Bertz CT molecular complexity index is 1150. The fourth-order valence-electron chi connectivity index (χ4n) is 3.15. The summed E-state index contributed by atoms with van der Waals surface area (Å²) in [6.07, 6.45) is 0. The Labute approximate surface area is 147 Å². The van der Waals surface area contributed by atoms with Gasteiger partial charge in [0.25, 0.3) is 5.56 Å². The number of H-pyrrole nitrogens is 1. The molecular formula is C19H15FN4O2. The molecule has 0 unspecified atom stereocenters. The van der Waals surface area contributed by atoms with E-state index in [0.717, 1.165) is 17.3 Å². The molecule has 130 valence electrons. The van der Waals surface area contributed by atoms with Crippen molar-refractivity contribution in [3.05, 3.63) is 75.8 Å². The average molecular weight is 350 g/mol. The lowest BCUT2D eigenvalue weighted by Gasteiger charge is -2.20. The quantitative estimate of drug-likeness (QED) is 0.738. The molecule has 0 radical (unpaired) electrons. The summed E-state index contributed by atoms with van der Waals surface area (Å²) in [6, 6.07) is 11.2. The highest BCUT2D eigenvalue weighted by molar-refractivity contribution is 6.26. The van der Waals surface area contributed by atoms with Crippen LogP contribution >= 0.6 is 0 Å². The summed E-state index contributed by atoms with van der Waals surface area (Å²) in [6.45, 7) is 1.97. The smallest absolute Gasteiger partial charge is 0.259 e. The summed E-state index contributed by atoms with van der Waals surface area (Å²) < 4.78 is 13.5. The Morgan fingerprint density at radius 2 is 1.96 bits per heavy atom. The number of aryl methyl sites for hydroxylation is 1. The number of Topliss-reactive ketones (excluding diaryl/α,β-unsaturated/α-hetero) is 1. The molecule has 0 atom stereocenters. The van der Waals surface area contributed by atoms with Gasteiger partial charge in [-0.1, -0.05) is 18.2 Å². The third kappa shape index (κ3) is 2.45. The molecule has 7 heteroatoms. The number of carbonyl (C=O) groups excluding carboxylic acids is 1. The van der Waals surface area contributed by atoms with Crippen LogP contribution in [-0.2, 0) is 4.79 Å². The largest absolute Gasteiger partial charge is 0.384 e. The van der Waals surface area contributed by atoms with Crippen LogP contribution in [0.4, 0.5) is 10.1 Å². The molecule has 0 saturated heterocycles. The molecule has 0 spiro atoms. The third-order valence-electron chi connectivity index (χ3n) is 4.44. The molecular weight excluding hydrogens is 335 g/mol. The number of carbonyl (C=O) groups is 1. The van der Waals surface area contributed by atoms with Crippen LogP contribution in [0.25, 0.3) is 16.5 Å². The van der Waals surface area contributed by atoms with Gasteiger partial charge in [-0.25, -0.2) is 9.37 Å². The number of nitrogens with one attached hydrogen (secondary N) is 1. The number of aromatic nitrogens is 2. The molecule has 26 heavy (non-hydrogen) atoms. The fourth-order valence-corrected chi connectivity index (χ4v) is 3.15. The fraction of sp³-hybridized carbons (Fsp3) is 0.105. The van der Waals surface area contributed by atoms with E-state index in [2.05, 4.69) is 9.97 Å². The molecule has 3 aromatic rings. The average Bonchev–Trinajstić information content (AvgIpc) is 2.89. The third-order valence-corrected chi connectivity index (χ3v) is 4.44. The zero-order valence-electron chi connectivity index (χ0n) is 13.9. The monoisotopic (exact) mass is 350 g/mol. The minimum Gasteiger partial charge on any atom is -0.384 e. The van der Waals surface area contributed by atoms with E-state index >= 15 is 0 Å². The number of hydrogen-bond acceptors (Lipinski definition) is 5. The first kappa shape index (κ1) is 16.0. The van der Waals surface area contributed by atoms with Gasteiger partial charge in [-0.05, 0) is 30.7 Å². The van der Waals surface area contributed by atoms with Gasteiger partial charge in [-0.3, -0.25) is 9.59 Å². The van der Waals surface area contributed by atoms with E-state index in [1.807, 2.05) is 31.2 Å². The van der Waals surface area contributed by atoms with Gasteiger partial charge in [0.15, 0.2) is 5.78 Å². The van der Waals surface area contributed by atoms with Crippen molar-refractivity contribution >= 4 is 27.9 Å². The highest BCUT2D eigenvalue weighted by Crippen LogP contribution is 2.30. The van der Waals surface area contributed by atoms with E-state index in [4.69, 9.17) is 5.73 Å². The molecule has 2 heterocycles. The maximum Gasteiger partial charge on any atom is 0.259 e.